The Bertz CT molecular complexity index is 1210. The molecule has 3 N–H and O–H groups in total. The number of amides is 1. The number of nitrogens with zero attached hydrogens (tertiary/aromatic N) is 2. The van der Waals surface area contributed by atoms with E-state index in [1.54, 1.807) is 0 Å². The molecular formula is C19H17ClF2N4O4S. The molecule has 12 heteroatoms. The average Bonchev–Trinajstić information content (AvgIpc) is 3.46. The highest BCUT2D eigenvalue weighted by Gasteiger charge is 2.60. The summed E-state index contributed by atoms with van der Waals surface area (Å²) in [7, 11) is -4.12. The van der Waals surface area contributed by atoms with Crippen LogP contribution in [0.3, 0.4) is 0 Å². The number of amidine groups is 1. The lowest BCUT2D eigenvalue weighted by Gasteiger charge is -2.32. The number of anilines is 1. The van der Waals surface area contributed by atoms with Crippen LogP contribution in [0.2, 0.25) is 5.02 Å². The number of sulfone groups is 1. The molecule has 1 aliphatic heterocycles. The Hall–Kier alpha value is -2.79. The van der Waals surface area contributed by atoms with Crippen molar-refractivity contribution in [3.8, 4) is 0 Å². The van der Waals surface area contributed by atoms with Crippen LogP contribution in [0, 0.1) is 11.7 Å². The van der Waals surface area contributed by atoms with Crippen molar-refractivity contribution in [1.29, 1.82) is 0 Å². The van der Waals surface area contributed by atoms with Crippen molar-refractivity contribution < 1.29 is 26.7 Å². The number of nitrogens with two attached hydrogens (primary N) is 1. The molecule has 0 saturated heterocycles. The van der Waals surface area contributed by atoms with E-state index in [1.807, 2.05) is 0 Å². The molecule has 0 bridgehead atoms. The second-order valence-electron chi connectivity index (χ2n) is 7.43. The van der Waals surface area contributed by atoms with Crippen molar-refractivity contribution >= 4 is 39.1 Å². The first-order valence-corrected chi connectivity index (χ1v) is 11.4. The van der Waals surface area contributed by atoms with Gasteiger partial charge in [-0.05, 0) is 30.7 Å². The summed E-state index contributed by atoms with van der Waals surface area (Å²) >= 11 is 5.76. The van der Waals surface area contributed by atoms with E-state index in [0.717, 1.165) is 12.3 Å². The van der Waals surface area contributed by atoms with Crippen LogP contribution in [0.4, 0.5) is 14.5 Å². The lowest BCUT2D eigenvalue weighted by molar-refractivity contribution is 0.102. The molecular weight excluding hydrogens is 454 g/mol. The van der Waals surface area contributed by atoms with Crippen molar-refractivity contribution in [3.05, 3.63) is 52.6 Å². The lowest BCUT2D eigenvalue weighted by atomic mass is 9.85. The molecule has 164 valence electrons. The molecule has 8 nitrogen and oxygen atoms in total. The van der Waals surface area contributed by atoms with Crippen molar-refractivity contribution in [2.45, 2.75) is 23.0 Å². The molecule has 31 heavy (non-hydrogen) atoms. The van der Waals surface area contributed by atoms with E-state index in [-0.39, 0.29) is 23.0 Å². The molecule has 1 aliphatic carbocycles. The summed E-state index contributed by atoms with van der Waals surface area (Å²) in [6, 6.07) is 4.55. The molecule has 4 rings (SSSR count). The molecule has 1 saturated carbocycles. The van der Waals surface area contributed by atoms with E-state index < -0.39 is 50.7 Å². The van der Waals surface area contributed by atoms with E-state index in [4.69, 9.17) is 22.1 Å². The van der Waals surface area contributed by atoms with Gasteiger partial charge in [0.15, 0.2) is 9.84 Å². The third-order valence-electron chi connectivity index (χ3n) is 5.23. The number of benzene rings is 1. The van der Waals surface area contributed by atoms with Crippen LogP contribution >= 0.6 is 11.6 Å². The number of carbonyl (C=O) groups excluding carboxylic acids is 1. The lowest BCUT2D eigenvalue weighted by Crippen LogP contribution is -2.40. The maximum absolute atomic E-state index is 15.0. The average molecular weight is 471 g/mol. The van der Waals surface area contributed by atoms with E-state index in [2.05, 4.69) is 15.3 Å². The van der Waals surface area contributed by atoms with Gasteiger partial charge in [-0.25, -0.2) is 27.2 Å². The monoisotopic (exact) mass is 470 g/mol. The van der Waals surface area contributed by atoms with Crippen molar-refractivity contribution in [2.75, 3.05) is 18.2 Å². The first-order valence-electron chi connectivity index (χ1n) is 9.10. The molecule has 0 radical (unpaired) electrons. The number of pyridine rings is 1. The van der Waals surface area contributed by atoms with Crippen LogP contribution in [0.15, 0.2) is 40.4 Å². The maximum atomic E-state index is 15.0. The number of alkyl halides is 1. The van der Waals surface area contributed by atoms with Crippen molar-refractivity contribution in [3.63, 3.8) is 0 Å². The first kappa shape index (κ1) is 21.4. The van der Waals surface area contributed by atoms with Crippen LogP contribution in [-0.4, -0.2) is 44.4 Å². The molecule has 2 aliphatic rings. The molecule has 1 amide bonds. The number of aliphatic imine (C=N–C) groups is 1. The fourth-order valence-corrected chi connectivity index (χ4v) is 4.96. The van der Waals surface area contributed by atoms with Gasteiger partial charge in [-0.15, -0.1) is 0 Å². The molecule has 1 fully saturated rings. The normalized spacial score (nSPS) is 24.6. The fourth-order valence-electron chi connectivity index (χ4n) is 3.80. The quantitative estimate of drug-likeness (QED) is 0.691. The van der Waals surface area contributed by atoms with Gasteiger partial charge in [0.25, 0.3) is 11.9 Å². The Morgan fingerprint density at radius 2 is 2.16 bits per heavy atom. The minimum Gasteiger partial charge on any atom is -0.462 e. The fraction of sp³-hybridized carbons (Fsp3) is 0.316. The standard InChI is InChI=1S/C19H17ClF2N4O4S/c1-31(28,29)16-12(19(8-21)11-6-15(11)30-18(23)26-19)4-10(5-13(16)22)25-17(27)14-3-2-9(20)7-24-14/h2-5,7,11,15H,6,8H2,1H3,(H2,23,26)(H,25,27)/t11-,15?,19-/m0/s1. The van der Waals surface area contributed by atoms with E-state index in [9.17, 15) is 17.6 Å². The van der Waals surface area contributed by atoms with Crippen LogP contribution in [0.25, 0.3) is 0 Å². The Balaban J connectivity index is 1.84. The smallest absolute Gasteiger partial charge is 0.283 e. The molecule has 1 aromatic carbocycles. The van der Waals surface area contributed by atoms with Gasteiger partial charge in [0.2, 0.25) is 0 Å². The minimum absolute atomic E-state index is 0.00524. The highest BCUT2D eigenvalue weighted by Crippen LogP contribution is 2.54. The second-order valence-corrected chi connectivity index (χ2v) is 9.82. The second kappa shape index (κ2) is 7.41. The summed E-state index contributed by atoms with van der Waals surface area (Å²) in [5.74, 6) is -2.36. The van der Waals surface area contributed by atoms with Gasteiger partial charge in [-0.2, -0.15) is 0 Å². The third kappa shape index (κ3) is 3.83. The molecule has 1 unspecified atom stereocenters. The van der Waals surface area contributed by atoms with Crippen LogP contribution in [0.1, 0.15) is 22.5 Å². The molecule has 3 atom stereocenters. The summed E-state index contributed by atoms with van der Waals surface area (Å²) in [6.07, 6.45) is 2.01. The highest BCUT2D eigenvalue weighted by molar-refractivity contribution is 7.90. The summed E-state index contributed by atoms with van der Waals surface area (Å²) in [6.45, 7) is -1.13. The Labute approximate surface area is 181 Å². The zero-order valence-corrected chi connectivity index (χ0v) is 17.7. The predicted molar refractivity (Wildman–Crippen MR) is 109 cm³/mol. The summed E-state index contributed by atoms with van der Waals surface area (Å²) in [5, 5.41) is 2.77. The Kier molecular flexibility index (Phi) is 5.13. The zero-order chi connectivity index (χ0) is 22.6. The number of hydrogen-bond acceptors (Lipinski definition) is 7. The highest BCUT2D eigenvalue weighted by atomic mass is 35.5. The van der Waals surface area contributed by atoms with E-state index in [0.29, 0.717) is 11.4 Å². The topological polar surface area (TPSA) is 124 Å². The van der Waals surface area contributed by atoms with Crippen molar-refractivity contribution in [1.82, 2.24) is 4.98 Å². The summed E-state index contributed by atoms with van der Waals surface area (Å²) in [5.41, 5.74) is 3.61. The van der Waals surface area contributed by atoms with Crippen molar-refractivity contribution in [2.24, 2.45) is 16.6 Å². The van der Waals surface area contributed by atoms with Gasteiger partial charge in [-0.3, -0.25) is 4.79 Å². The number of hydrogen-bond donors (Lipinski definition) is 2. The molecule has 2 heterocycles. The number of rotatable bonds is 5. The molecule has 0 spiro atoms. The maximum Gasteiger partial charge on any atom is 0.283 e. The van der Waals surface area contributed by atoms with Gasteiger partial charge in [0, 0.05) is 29.6 Å². The number of carbonyl (C=O) groups is 1. The largest absolute Gasteiger partial charge is 0.462 e. The first-order chi connectivity index (χ1) is 14.5. The van der Waals surface area contributed by atoms with Gasteiger partial charge in [0.05, 0.1) is 5.02 Å². The van der Waals surface area contributed by atoms with Crippen LogP contribution in [-0.2, 0) is 20.1 Å². The number of ether oxygens (including phenoxy) is 1. The minimum atomic E-state index is -4.12. The SMILES string of the molecule is CS(=O)(=O)c1c(F)cc(NC(=O)c2ccc(Cl)cn2)cc1[C@@]1(CF)N=C(N)OC2C[C@@H]21. The van der Waals surface area contributed by atoms with E-state index >= 15 is 4.39 Å². The van der Waals surface area contributed by atoms with Gasteiger partial charge < -0.3 is 15.8 Å². The number of fused-ring (bicyclic) bond motifs is 1. The summed E-state index contributed by atoms with van der Waals surface area (Å²) in [4.78, 5) is 19.7. The van der Waals surface area contributed by atoms with Gasteiger partial charge in [0.1, 0.15) is 34.7 Å². The Morgan fingerprint density at radius 1 is 1.42 bits per heavy atom. The van der Waals surface area contributed by atoms with Gasteiger partial charge in [-0.1, -0.05) is 11.6 Å². The predicted octanol–water partition coefficient (Wildman–Crippen LogP) is 2.43. The van der Waals surface area contributed by atoms with Crippen LogP contribution in [0.5, 0.6) is 0 Å². The number of nitrogens with one attached hydrogen (secondary N) is 1. The zero-order valence-electron chi connectivity index (χ0n) is 16.1. The summed E-state index contributed by atoms with van der Waals surface area (Å²) < 4.78 is 59.5. The number of halogens is 3. The molecule has 1 aromatic heterocycles. The van der Waals surface area contributed by atoms with E-state index in [1.165, 1.54) is 24.4 Å². The number of aromatic nitrogens is 1. The van der Waals surface area contributed by atoms with Crippen LogP contribution < -0.4 is 11.1 Å². The third-order valence-corrected chi connectivity index (χ3v) is 6.61. The van der Waals surface area contributed by atoms with Gasteiger partial charge >= 0.3 is 0 Å². The Morgan fingerprint density at radius 3 is 2.77 bits per heavy atom. The molecule has 2 aromatic rings.